The molecule has 0 bridgehead atoms. The van der Waals surface area contributed by atoms with E-state index < -0.39 is 23.9 Å². The van der Waals surface area contributed by atoms with Crippen LogP contribution >= 0.6 is 15.9 Å². The van der Waals surface area contributed by atoms with Gasteiger partial charge in [-0.1, -0.05) is 13.8 Å². The molecule has 2 amide bonds. The van der Waals surface area contributed by atoms with Crippen molar-refractivity contribution >= 4 is 33.6 Å². The molecule has 7 heteroatoms. The standard InChI is InChI=1S/C14H18BrFN2O3/c1-7(2)4-12(13(19)20)18-14(21)17-11-6-10(16)9(15)5-8(11)3/h5-7,12H,4H2,1-3H3,(H,19,20)(H2,17,18,21)/t12-/m0/s1. The Morgan fingerprint density at radius 1 is 1.38 bits per heavy atom. The van der Waals surface area contributed by atoms with Gasteiger partial charge in [-0.15, -0.1) is 0 Å². The Labute approximate surface area is 131 Å². The van der Waals surface area contributed by atoms with Crippen molar-refractivity contribution in [2.75, 3.05) is 5.32 Å². The minimum absolute atomic E-state index is 0.123. The predicted molar refractivity (Wildman–Crippen MR) is 81.9 cm³/mol. The van der Waals surface area contributed by atoms with Crippen molar-refractivity contribution in [1.82, 2.24) is 5.32 Å². The van der Waals surface area contributed by atoms with Crippen LogP contribution in [0.15, 0.2) is 16.6 Å². The molecule has 0 saturated carbocycles. The van der Waals surface area contributed by atoms with Crippen LogP contribution in [0.3, 0.4) is 0 Å². The van der Waals surface area contributed by atoms with Gasteiger partial charge in [0.25, 0.3) is 0 Å². The first-order valence-corrected chi connectivity index (χ1v) is 7.26. The third-order valence-corrected chi connectivity index (χ3v) is 3.43. The molecule has 1 atom stereocenters. The van der Waals surface area contributed by atoms with E-state index in [4.69, 9.17) is 5.11 Å². The van der Waals surface area contributed by atoms with Gasteiger partial charge in [0.1, 0.15) is 11.9 Å². The zero-order chi connectivity index (χ0) is 16.2. The van der Waals surface area contributed by atoms with Crippen LogP contribution in [0.1, 0.15) is 25.8 Å². The number of hydrogen-bond acceptors (Lipinski definition) is 2. The molecule has 0 radical (unpaired) electrons. The van der Waals surface area contributed by atoms with Crippen molar-refractivity contribution in [2.24, 2.45) is 5.92 Å². The number of aliphatic carboxylic acids is 1. The summed E-state index contributed by atoms with van der Waals surface area (Å²) < 4.78 is 13.8. The highest BCUT2D eigenvalue weighted by molar-refractivity contribution is 9.10. The summed E-state index contributed by atoms with van der Waals surface area (Å²) in [5, 5.41) is 13.9. The molecule has 0 unspecified atom stereocenters. The number of amides is 2. The van der Waals surface area contributed by atoms with Crippen molar-refractivity contribution in [3.05, 3.63) is 28.0 Å². The molecule has 3 N–H and O–H groups in total. The summed E-state index contributed by atoms with van der Waals surface area (Å²) in [6.45, 7) is 5.44. The van der Waals surface area contributed by atoms with E-state index in [-0.39, 0.29) is 5.92 Å². The molecule has 1 rings (SSSR count). The molecule has 0 aromatic heterocycles. The van der Waals surface area contributed by atoms with Crippen molar-refractivity contribution in [1.29, 1.82) is 0 Å². The Morgan fingerprint density at radius 2 is 2.00 bits per heavy atom. The van der Waals surface area contributed by atoms with Gasteiger partial charge in [-0.3, -0.25) is 0 Å². The average molecular weight is 361 g/mol. The molecule has 1 aromatic carbocycles. The monoisotopic (exact) mass is 360 g/mol. The third-order valence-electron chi connectivity index (χ3n) is 2.83. The maximum absolute atomic E-state index is 13.5. The Bertz CT molecular complexity index is 549. The molecule has 0 saturated heterocycles. The van der Waals surface area contributed by atoms with Crippen molar-refractivity contribution in [2.45, 2.75) is 33.2 Å². The predicted octanol–water partition coefficient (Wildman–Crippen LogP) is 3.52. The number of carbonyl (C=O) groups excluding carboxylic acids is 1. The number of halogens is 2. The first-order chi connectivity index (χ1) is 9.70. The van der Waals surface area contributed by atoms with Crippen LogP contribution in [-0.4, -0.2) is 23.1 Å². The van der Waals surface area contributed by atoms with Gasteiger partial charge < -0.3 is 15.7 Å². The van der Waals surface area contributed by atoms with Gasteiger partial charge >= 0.3 is 12.0 Å². The van der Waals surface area contributed by atoms with Crippen LogP contribution in [0.4, 0.5) is 14.9 Å². The lowest BCUT2D eigenvalue weighted by Crippen LogP contribution is -2.43. The average Bonchev–Trinajstić information content (AvgIpc) is 2.34. The van der Waals surface area contributed by atoms with Crippen LogP contribution in [0.2, 0.25) is 0 Å². The zero-order valence-electron chi connectivity index (χ0n) is 12.0. The largest absolute Gasteiger partial charge is 0.480 e. The quantitative estimate of drug-likeness (QED) is 0.751. The number of rotatable bonds is 5. The Kier molecular flexibility index (Phi) is 6.14. The van der Waals surface area contributed by atoms with E-state index in [1.54, 1.807) is 6.92 Å². The molecular formula is C14H18BrFN2O3. The molecule has 1 aromatic rings. The van der Waals surface area contributed by atoms with E-state index >= 15 is 0 Å². The fourth-order valence-corrected chi connectivity index (χ4v) is 2.25. The van der Waals surface area contributed by atoms with Crippen LogP contribution in [0, 0.1) is 18.7 Å². The number of aryl methyl sites for hydroxylation is 1. The Balaban J connectivity index is 2.77. The van der Waals surface area contributed by atoms with Gasteiger partial charge in [-0.25, -0.2) is 14.0 Å². The summed E-state index contributed by atoms with van der Waals surface area (Å²) in [5.74, 6) is -1.48. The van der Waals surface area contributed by atoms with Crippen molar-refractivity contribution in [3.63, 3.8) is 0 Å². The second-order valence-electron chi connectivity index (χ2n) is 5.20. The van der Waals surface area contributed by atoms with Crippen LogP contribution in [0.5, 0.6) is 0 Å². The molecule has 116 valence electrons. The van der Waals surface area contributed by atoms with Gasteiger partial charge in [0, 0.05) is 5.69 Å². The molecule has 0 aliphatic carbocycles. The second-order valence-corrected chi connectivity index (χ2v) is 6.05. The first-order valence-electron chi connectivity index (χ1n) is 6.46. The third kappa shape index (κ3) is 5.34. The number of anilines is 1. The number of hydrogen-bond donors (Lipinski definition) is 3. The molecule has 0 aliphatic heterocycles. The van der Waals surface area contributed by atoms with E-state index in [0.29, 0.717) is 22.1 Å². The number of carboxylic acid groups (broad SMARTS) is 1. The maximum Gasteiger partial charge on any atom is 0.326 e. The zero-order valence-corrected chi connectivity index (χ0v) is 13.6. The van der Waals surface area contributed by atoms with Crippen LogP contribution in [0.25, 0.3) is 0 Å². The molecule has 0 aliphatic rings. The summed E-state index contributed by atoms with van der Waals surface area (Å²) in [4.78, 5) is 22.9. The van der Waals surface area contributed by atoms with E-state index in [2.05, 4.69) is 26.6 Å². The number of benzene rings is 1. The van der Waals surface area contributed by atoms with E-state index in [1.165, 1.54) is 12.1 Å². The lowest BCUT2D eigenvalue weighted by atomic mass is 10.0. The molecule has 0 spiro atoms. The lowest BCUT2D eigenvalue weighted by Gasteiger charge is -2.17. The highest BCUT2D eigenvalue weighted by Crippen LogP contribution is 2.23. The number of nitrogens with one attached hydrogen (secondary N) is 2. The normalized spacial score (nSPS) is 12.1. The van der Waals surface area contributed by atoms with Crippen LogP contribution < -0.4 is 10.6 Å². The lowest BCUT2D eigenvalue weighted by molar-refractivity contribution is -0.139. The topological polar surface area (TPSA) is 78.4 Å². The molecule has 0 fully saturated rings. The van der Waals surface area contributed by atoms with Crippen molar-refractivity contribution in [3.8, 4) is 0 Å². The summed E-state index contributed by atoms with van der Waals surface area (Å²) >= 11 is 3.05. The molecule has 21 heavy (non-hydrogen) atoms. The molecular weight excluding hydrogens is 343 g/mol. The number of urea groups is 1. The summed E-state index contributed by atoms with van der Waals surface area (Å²) in [6.07, 6.45) is 0.316. The number of carbonyl (C=O) groups is 2. The minimum atomic E-state index is -1.10. The number of carboxylic acids is 1. The van der Waals surface area contributed by atoms with Gasteiger partial charge in [-0.2, -0.15) is 0 Å². The van der Waals surface area contributed by atoms with Crippen LogP contribution in [-0.2, 0) is 4.79 Å². The van der Waals surface area contributed by atoms with E-state index in [0.717, 1.165) is 0 Å². The smallest absolute Gasteiger partial charge is 0.326 e. The van der Waals surface area contributed by atoms with Gasteiger partial charge in [-0.05, 0) is 52.9 Å². The van der Waals surface area contributed by atoms with E-state index in [9.17, 15) is 14.0 Å². The Hall–Kier alpha value is -1.63. The first kappa shape index (κ1) is 17.4. The summed E-state index contributed by atoms with van der Waals surface area (Å²) in [6, 6.07) is 1.06. The molecule has 0 heterocycles. The summed E-state index contributed by atoms with van der Waals surface area (Å²) in [7, 11) is 0. The highest BCUT2D eigenvalue weighted by Gasteiger charge is 2.21. The highest BCUT2D eigenvalue weighted by atomic mass is 79.9. The van der Waals surface area contributed by atoms with Gasteiger partial charge in [0.2, 0.25) is 0 Å². The molecule has 5 nitrogen and oxygen atoms in total. The van der Waals surface area contributed by atoms with Gasteiger partial charge in [0.05, 0.1) is 4.47 Å². The van der Waals surface area contributed by atoms with Crippen molar-refractivity contribution < 1.29 is 19.1 Å². The fraction of sp³-hybridized carbons (Fsp3) is 0.429. The van der Waals surface area contributed by atoms with Gasteiger partial charge in [0.15, 0.2) is 0 Å². The van der Waals surface area contributed by atoms with E-state index in [1.807, 2.05) is 13.8 Å². The SMILES string of the molecule is Cc1cc(Br)c(F)cc1NC(=O)N[C@@H](CC(C)C)C(=O)O. The minimum Gasteiger partial charge on any atom is -0.480 e. The fourth-order valence-electron chi connectivity index (χ4n) is 1.79. The summed E-state index contributed by atoms with van der Waals surface area (Å²) in [5.41, 5.74) is 0.955. The second kappa shape index (κ2) is 7.40. The Morgan fingerprint density at radius 3 is 2.52 bits per heavy atom. The maximum atomic E-state index is 13.5.